The Hall–Kier alpha value is -1.49. The molecule has 0 aliphatic carbocycles. The van der Waals surface area contributed by atoms with Crippen LogP contribution in [0.1, 0.15) is 11.1 Å². The van der Waals surface area contributed by atoms with Crippen molar-refractivity contribution in [3.05, 3.63) is 35.4 Å². The highest BCUT2D eigenvalue weighted by molar-refractivity contribution is 7.98. The van der Waals surface area contributed by atoms with Crippen LogP contribution in [0.4, 0.5) is 4.79 Å². The molecule has 90 valence electrons. The number of aryl methyl sites for hydroxylation is 1. The molecule has 17 heavy (non-hydrogen) atoms. The molecule has 0 bridgehead atoms. The average Bonchev–Trinajstić information content (AvgIpc) is 2.58. The fraction of sp³-hybridized carbons (Fsp3) is 0.333. The van der Waals surface area contributed by atoms with Gasteiger partial charge in [-0.05, 0) is 12.5 Å². The van der Waals surface area contributed by atoms with Gasteiger partial charge in [-0.3, -0.25) is 10.1 Å². The van der Waals surface area contributed by atoms with Crippen molar-refractivity contribution < 1.29 is 9.59 Å². The number of carbonyl (C=O) groups is 2. The number of amides is 3. The second-order valence-electron chi connectivity index (χ2n) is 4.02. The van der Waals surface area contributed by atoms with Crippen LogP contribution in [-0.4, -0.2) is 23.7 Å². The minimum absolute atomic E-state index is 0.230. The molecule has 0 radical (unpaired) electrons. The molecule has 1 fully saturated rings. The van der Waals surface area contributed by atoms with E-state index in [0.717, 1.165) is 5.75 Å². The van der Waals surface area contributed by atoms with Gasteiger partial charge in [-0.25, -0.2) is 4.79 Å². The van der Waals surface area contributed by atoms with Gasteiger partial charge in [-0.15, -0.1) is 0 Å². The number of nitrogens with one attached hydrogen (secondary N) is 2. The maximum atomic E-state index is 11.3. The fourth-order valence-corrected chi connectivity index (χ4v) is 2.68. The zero-order chi connectivity index (χ0) is 12.3. The van der Waals surface area contributed by atoms with Crippen LogP contribution in [0.5, 0.6) is 0 Å². The van der Waals surface area contributed by atoms with Gasteiger partial charge in [0.05, 0.1) is 0 Å². The number of rotatable bonds is 4. The van der Waals surface area contributed by atoms with Crippen molar-refractivity contribution in [3.63, 3.8) is 0 Å². The quantitative estimate of drug-likeness (QED) is 0.795. The van der Waals surface area contributed by atoms with Crippen molar-refractivity contribution in [2.75, 3.05) is 5.75 Å². The van der Waals surface area contributed by atoms with Crippen molar-refractivity contribution in [3.8, 4) is 0 Å². The SMILES string of the molecule is Cc1cccc(CSCC2NC(=O)NC2=O)c1. The standard InChI is InChI=1S/C12H14N2O2S/c1-8-3-2-4-9(5-8)6-17-7-10-11(15)14-12(16)13-10/h2-5,10H,6-7H2,1H3,(H2,13,14,15,16). The molecule has 1 aliphatic heterocycles. The van der Waals surface area contributed by atoms with Crippen LogP contribution in [0.15, 0.2) is 24.3 Å². The number of imide groups is 1. The Bertz CT molecular complexity index is 448. The summed E-state index contributed by atoms with van der Waals surface area (Å²) in [6.07, 6.45) is 0. The molecule has 1 aromatic carbocycles. The van der Waals surface area contributed by atoms with Crippen LogP contribution >= 0.6 is 11.8 Å². The molecule has 5 heteroatoms. The molecule has 4 nitrogen and oxygen atoms in total. The van der Waals surface area contributed by atoms with Crippen LogP contribution in [0.2, 0.25) is 0 Å². The first kappa shape index (κ1) is 12.0. The van der Waals surface area contributed by atoms with Crippen LogP contribution in [-0.2, 0) is 10.5 Å². The normalized spacial score (nSPS) is 19.0. The molecule has 0 spiro atoms. The van der Waals surface area contributed by atoms with E-state index in [1.54, 1.807) is 11.8 Å². The zero-order valence-electron chi connectivity index (χ0n) is 9.53. The lowest BCUT2D eigenvalue weighted by molar-refractivity contribution is -0.119. The van der Waals surface area contributed by atoms with Crippen molar-refractivity contribution in [1.29, 1.82) is 0 Å². The smallest absolute Gasteiger partial charge is 0.322 e. The van der Waals surface area contributed by atoms with Crippen LogP contribution in [0.25, 0.3) is 0 Å². The third kappa shape index (κ3) is 3.23. The predicted molar refractivity (Wildman–Crippen MR) is 67.8 cm³/mol. The van der Waals surface area contributed by atoms with E-state index in [4.69, 9.17) is 0 Å². The summed E-state index contributed by atoms with van der Waals surface area (Å²) in [5, 5.41) is 4.80. The van der Waals surface area contributed by atoms with Gasteiger partial charge in [-0.2, -0.15) is 11.8 Å². The monoisotopic (exact) mass is 250 g/mol. The second-order valence-corrected chi connectivity index (χ2v) is 5.05. The van der Waals surface area contributed by atoms with E-state index < -0.39 is 12.1 Å². The first-order valence-electron chi connectivity index (χ1n) is 5.40. The molecule has 0 aromatic heterocycles. The number of thioether (sulfide) groups is 1. The number of benzene rings is 1. The summed E-state index contributed by atoms with van der Waals surface area (Å²) in [5.74, 6) is 1.22. The molecular formula is C12H14N2O2S. The number of carbonyl (C=O) groups excluding carboxylic acids is 2. The van der Waals surface area contributed by atoms with E-state index in [0.29, 0.717) is 5.75 Å². The summed E-state index contributed by atoms with van der Waals surface area (Å²) in [6, 6.07) is 7.48. The fourth-order valence-electron chi connectivity index (χ4n) is 1.67. The third-order valence-electron chi connectivity index (χ3n) is 2.49. The molecule has 1 atom stereocenters. The Morgan fingerprint density at radius 2 is 2.18 bits per heavy atom. The molecule has 1 heterocycles. The molecule has 2 N–H and O–H groups in total. The van der Waals surface area contributed by atoms with Gasteiger partial charge in [-0.1, -0.05) is 29.8 Å². The van der Waals surface area contributed by atoms with Crippen LogP contribution < -0.4 is 10.6 Å². The lowest BCUT2D eigenvalue weighted by Gasteiger charge is -2.07. The number of urea groups is 1. The summed E-state index contributed by atoms with van der Waals surface area (Å²) in [4.78, 5) is 22.2. The van der Waals surface area contributed by atoms with E-state index in [1.165, 1.54) is 11.1 Å². The minimum atomic E-state index is -0.392. The Morgan fingerprint density at radius 3 is 2.82 bits per heavy atom. The summed E-state index contributed by atoms with van der Waals surface area (Å²) < 4.78 is 0. The molecule has 1 aromatic rings. The van der Waals surface area contributed by atoms with Crippen molar-refractivity contribution in [2.24, 2.45) is 0 Å². The average molecular weight is 250 g/mol. The first-order chi connectivity index (χ1) is 8.15. The summed E-state index contributed by atoms with van der Waals surface area (Å²) >= 11 is 1.64. The Balaban J connectivity index is 1.80. The van der Waals surface area contributed by atoms with Crippen molar-refractivity contribution in [1.82, 2.24) is 10.6 Å². The van der Waals surface area contributed by atoms with Crippen molar-refractivity contribution in [2.45, 2.75) is 18.7 Å². The van der Waals surface area contributed by atoms with Crippen LogP contribution in [0.3, 0.4) is 0 Å². The third-order valence-corrected chi connectivity index (χ3v) is 3.60. The Labute approximate surface area is 104 Å². The maximum absolute atomic E-state index is 11.3. The molecular weight excluding hydrogens is 236 g/mol. The Morgan fingerprint density at radius 1 is 1.35 bits per heavy atom. The summed E-state index contributed by atoms with van der Waals surface area (Å²) in [5.41, 5.74) is 2.47. The topological polar surface area (TPSA) is 58.2 Å². The minimum Gasteiger partial charge on any atom is -0.325 e. The van der Waals surface area contributed by atoms with Gasteiger partial charge in [0.2, 0.25) is 0 Å². The van der Waals surface area contributed by atoms with Gasteiger partial charge in [0.25, 0.3) is 5.91 Å². The molecule has 1 unspecified atom stereocenters. The Kier molecular flexibility index (Phi) is 3.68. The van der Waals surface area contributed by atoms with Crippen LogP contribution in [0, 0.1) is 6.92 Å². The highest BCUT2D eigenvalue weighted by atomic mass is 32.2. The van der Waals surface area contributed by atoms with E-state index in [-0.39, 0.29) is 5.91 Å². The largest absolute Gasteiger partial charge is 0.325 e. The molecule has 1 saturated heterocycles. The van der Waals surface area contributed by atoms with E-state index in [2.05, 4.69) is 35.8 Å². The zero-order valence-corrected chi connectivity index (χ0v) is 10.3. The highest BCUT2D eigenvalue weighted by Gasteiger charge is 2.28. The lowest BCUT2D eigenvalue weighted by atomic mass is 10.2. The second kappa shape index (κ2) is 5.23. The van der Waals surface area contributed by atoms with Gasteiger partial charge in [0, 0.05) is 11.5 Å². The van der Waals surface area contributed by atoms with Gasteiger partial charge < -0.3 is 5.32 Å². The molecule has 0 saturated carbocycles. The van der Waals surface area contributed by atoms with Gasteiger partial charge in [0.1, 0.15) is 6.04 Å². The summed E-state index contributed by atoms with van der Waals surface area (Å²) in [6.45, 7) is 2.05. The summed E-state index contributed by atoms with van der Waals surface area (Å²) in [7, 11) is 0. The highest BCUT2D eigenvalue weighted by Crippen LogP contribution is 2.15. The van der Waals surface area contributed by atoms with E-state index in [9.17, 15) is 9.59 Å². The molecule has 2 rings (SSSR count). The number of hydrogen-bond acceptors (Lipinski definition) is 3. The van der Waals surface area contributed by atoms with Crippen molar-refractivity contribution >= 4 is 23.7 Å². The maximum Gasteiger partial charge on any atom is 0.322 e. The van der Waals surface area contributed by atoms with Gasteiger partial charge in [0.15, 0.2) is 0 Å². The lowest BCUT2D eigenvalue weighted by Crippen LogP contribution is -2.31. The van der Waals surface area contributed by atoms with E-state index >= 15 is 0 Å². The predicted octanol–water partition coefficient (Wildman–Crippen LogP) is 1.44. The van der Waals surface area contributed by atoms with Gasteiger partial charge >= 0.3 is 6.03 Å². The molecule has 1 aliphatic rings. The van der Waals surface area contributed by atoms with E-state index in [1.807, 2.05) is 6.07 Å². The number of hydrogen-bond donors (Lipinski definition) is 2. The molecule has 3 amide bonds. The first-order valence-corrected chi connectivity index (χ1v) is 6.55.